The number of aromatic nitrogens is 1. The lowest BCUT2D eigenvalue weighted by atomic mass is 10.1. The number of benzene rings is 2. The summed E-state index contributed by atoms with van der Waals surface area (Å²) in [5.74, 6) is 0.192. The Morgan fingerprint density at radius 3 is 1.97 bits per heavy atom. The van der Waals surface area contributed by atoms with Crippen LogP contribution in [-0.4, -0.2) is 40.4 Å². The smallest absolute Gasteiger partial charge is 0.265 e. The van der Waals surface area contributed by atoms with Gasteiger partial charge in [0.05, 0.1) is 17.7 Å². The molecule has 29 heavy (non-hydrogen) atoms. The van der Waals surface area contributed by atoms with Gasteiger partial charge < -0.3 is 9.30 Å². The summed E-state index contributed by atoms with van der Waals surface area (Å²) in [7, 11) is 0. The molecule has 0 aliphatic carbocycles. The second-order valence-corrected chi connectivity index (χ2v) is 8.00. The Morgan fingerprint density at radius 2 is 1.38 bits per heavy atom. The van der Waals surface area contributed by atoms with Gasteiger partial charge in [-0.3, -0.25) is 9.59 Å². The number of carbonyl (C=O) groups excluding carboxylic acids is 2. The summed E-state index contributed by atoms with van der Waals surface area (Å²) in [6, 6.07) is 19.8. The highest BCUT2D eigenvalue weighted by Gasteiger charge is 2.41. The number of carbonyl (C=O) groups is 2. The third-order valence-electron chi connectivity index (χ3n) is 5.04. The van der Waals surface area contributed by atoms with E-state index in [4.69, 9.17) is 4.74 Å². The Bertz CT molecular complexity index is 1010. The van der Waals surface area contributed by atoms with Crippen LogP contribution >= 0.6 is 11.8 Å². The fourth-order valence-electron chi connectivity index (χ4n) is 3.70. The number of thioether (sulfide) groups is 1. The van der Waals surface area contributed by atoms with E-state index in [-0.39, 0.29) is 18.5 Å². The normalized spacial score (nSPS) is 13.2. The van der Waals surface area contributed by atoms with Gasteiger partial charge in [0, 0.05) is 27.7 Å². The summed E-state index contributed by atoms with van der Waals surface area (Å²) in [6.45, 7) is 4.20. The Labute approximate surface area is 174 Å². The van der Waals surface area contributed by atoms with Crippen molar-refractivity contribution in [2.24, 2.45) is 0 Å². The van der Waals surface area contributed by atoms with Crippen LogP contribution in [0, 0.1) is 13.8 Å². The van der Waals surface area contributed by atoms with Gasteiger partial charge >= 0.3 is 0 Å². The van der Waals surface area contributed by atoms with E-state index in [1.165, 1.54) is 9.80 Å². The third-order valence-corrected chi connectivity index (χ3v) is 6.01. The van der Waals surface area contributed by atoms with E-state index in [1.807, 2.05) is 79.1 Å². The van der Waals surface area contributed by atoms with E-state index in [1.54, 1.807) is 11.8 Å². The number of ether oxygens (including phenoxy) is 1. The maximum absolute atomic E-state index is 12.9. The molecule has 0 fully saturated rings. The van der Waals surface area contributed by atoms with Crippen molar-refractivity contribution in [2.75, 3.05) is 19.1 Å². The zero-order valence-corrected chi connectivity index (χ0v) is 17.2. The predicted molar refractivity (Wildman–Crippen MR) is 114 cm³/mol. The number of imide groups is 1. The minimum absolute atomic E-state index is 0.0219. The van der Waals surface area contributed by atoms with E-state index in [0.29, 0.717) is 17.7 Å². The Hall–Kier alpha value is -2.83. The molecule has 2 heterocycles. The van der Waals surface area contributed by atoms with Gasteiger partial charge in [-0.2, -0.15) is 0 Å². The highest BCUT2D eigenvalue weighted by Crippen LogP contribution is 2.33. The van der Waals surface area contributed by atoms with Crippen LogP contribution in [0.3, 0.4) is 0 Å². The first-order chi connectivity index (χ1) is 14.1. The SMILES string of the molecule is Cc1c2c(c(C)n1-c1ccccc1)C(=O)N(COCCSc1ccccc1)C2=O. The Morgan fingerprint density at radius 1 is 0.828 bits per heavy atom. The first-order valence-electron chi connectivity index (χ1n) is 9.48. The van der Waals surface area contributed by atoms with Crippen LogP contribution in [0.5, 0.6) is 0 Å². The van der Waals surface area contributed by atoms with Crippen molar-refractivity contribution in [2.45, 2.75) is 18.7 Å². The average Bonchev–Trinajstić information content (AvgIpc) is 3.15. The highest BCUT2D eigenvalue weighted by molar-refractivity contribution is 7.99. The predicted octanol–water partition coefficient (Wildman–Crippen LogP) is 4.46. The van der Waals surface area contributed by atoms with Crippen molar-refractivity contribution >= 4 is 23.6 Å². The lowest BCUT2D eigenvalue weighted by molar-refractivity contribution is 0.0294. The van der Waals surface area contributed by atoms with Gasteiger partial charge in [-0.05, 0) is 38.1 Å². The molecule has 3 aromatic rings. The lowest BCUT2D eigenvalue weighted by Crippen LogP contribution is -2.33. The highest BCUT2D eigenvalue weighted by atomic mass is 32.2. The van der Waals surface area contributed by atoms with Gasteiger partial charge in [-0.1, -0.05) is 36.4 Å². The number of amides is 2. The van der Waals surface area contributed by atoms with Crippen molar-refractivity contribution in [3.8, 4) is 5.69 Å². The molecular formula is C23H22N2O3S. The van der Waals surface area contributed by atoms with Gasteiger partial charge in [0.15, 0.2) is 0 Å². The molecule has 0 unspecified atom stereocenters. The number of para-hydroxylation sites is 1. The fourth-order valence-corrected chi connectivity index (χ4v) is 4.48. The molecule has 2 aromatic carbocycles. The van der Waals surface area contributed by atoms with Gasteiger partial charge in [0.2, 0.25) is 0 Å². The largest absolute Gasteiger partial charge is 0.360 e. The third kappa shape index (κ3) is 3.61. The van der Waals surface area contributed by atoms with E-state index in [2.05, 4.69) is 0 Å². The number of rotatable bonds is 7. The van der Waals surface area contributed by atoms with Gasteiger partial charge in [-0.25, -0.2) is 4.90 Å². The molecule has 0 radical (unpaired) electrons. The molecule has 0 bridgehead atoms. The quantitative estimate of drug-likeness (QED) is 0.330. The van der Waals surface area contributed by atoms with Crippen LogP contribution in [-0.2, 0) is 4.74 Å². The van der Waals surface area contributed by atoms with Crippen LogP contribution in [0.15, 0.2) is 65.6 Å². The molecule has 4 rings (SSSR count). The van der Waals surface area contributed by atoms with E-state index in [9.17, 15) is 9.59 Å². The second-order valence-electron chi connectivity index (χ2n) is 6.83. The Balaban J connectivity index is 1.43. The van der Waals surface area contributed by atoms with Crippen molar-refractivity contribution in [3.63, 3.8) is 0 Å². The maximum Gasteiger partial charge on any atom is 0.265 e. The van der Waals surface area contributed by atoms with Crippen molar-refractivity contribution in [1.82, 2.24) is 9.47 Å². The topological polar surface area (TPSA) is 51.5 Å². The van der Waals surface area contributed by atoms with Crippen LogP contribution in [0.4, 0.5) is 0 Å². The van der Waals surface area contributed by atoms with Crippen molar-refractivity contribution < 1.29 is 14.3 Å². The monoisotopic (exact) mass is 406 g/mol. The number of nitrogens with zero attached hydrogens (tertiary/aromatic N) is 2. The average molecular weight is 407 g/mol. The van der Waals surface area contributed by atoms with Crippen LogP contribution < -0.4 is 0 Å². The molecule has 1 aliphatic rings. The summed E-state index contributed by atoms with van der Waals surface area (Å²) >= 11 is 1.68. The lowest BCUT2D eigenvalue weighted by Gasteiger charge is -2.17. The summed E-state index contributed by atoms with van der Waals surface area (Å²) in [5, 5.41) is 0. The summed E-state index contributed by atoms with van der Waals surface area (Å²) in [6.07, 6.45) is 0. The maximum atomic E-state index is 12.9. The van der Waals surface area contributed by atoms with E-state index < -0.39 is 0 Å². The van der Waals surface area contributed by atoms with Crippen LogP contribution in [0.1, 0.15) is 32.1 Å². The second kappa shape index (κ2) is 8.27. The van der Waals surface area contributed by atoms with E-state index >= 15 is 0 Å². The minimum atomic E-state index is -0.281. The molecule has 0 saturated carbocycles. The van der Waals surface area contributed by atoms with Crippen molar-refractivity contribution in [1.29, 1.82) is 0 Å². The summed E-state index contributed by atoms with van der Waals surface area (Å²) in [4.78, 5) is 28.2. The zero-order valence-electron chi connectivity index (χ0n) is 16.4. The molecule has 0 saturated heterocycles. The molecule has 5 nitrogen and oxygen atoms in total. The molecule has 0 spiro atoms. The van der Waals surface area contributed by atoms with Crippen LogP contribution in [0.25, 0.3) is 5.69 Å². The summed E-state index contributed by atoms with van der Waals surface area (Å²) in [5.41, 5.74) is 3.48. The number of fused-ring (bicyclic) bond motifs is 1. The number of hydrogen-bond acceptors (Lipinski definition) is 4. The molecule has 148 valence electrons. The first kappa shape index (κ1) is 19.5. The zero-order chi connectivity index (χ0) is 20.4. The van der Waals surface area contributed by atoms with Gasteiger partial charge in [-0.15, -0.1) is 11.8 Å². The number of hydrogen-bond donors (Lipinski definition) is 0. The molecule has 2 amide bonds. The molecule has 1 aromatic heterocycles. The summed E-state index contributed by atoms with van der Waals surface area (Å²) < 4.78 is 7.60. The Kier molecular flexibility index (Phi) is 5.56. The minimum Gasteiger partial charge on any atom is -0.360 e. The standard InChI is InChI=1S/C23H22N2O3S/c1-16-20-21(17(2)25(16)18-9-5-3-6-10-18)23(27)24(22(20)26)15-28-13-14-29-19-11-7-4-8-12-19/h3-12H,13-15H2,1-2H3. The first-order valence-corrected chi connectivity index (χ1v) is 10.5. The fraction of sp³-hybridized carbons (Fsp3) is 0.217. The van der Waals surface area contributed by atoms with E-state index in [0.717, 1.165) is 22.8 Å². The molecule has 0 atom stereocenters. The molecular weight excluding hydrogens is 384 g/mol. The van der Waals surface area contributed by atoms with Crippen LogP contribution in [0.2, 0.25) is 0 Å². The molecule has 1 aliphatic heterocycles. The van der Waals surface area contributed by atoms with Gasteiger partial charge in [0.1, 0.15) is 6.73 Å². The molecule has 0 N–H and O–H groups in total. The van der Waals surface area contributed by atoms with Gasteiger partial charge in [0.25, 0.3) is 11.8 Å². The van der Waals surface area contributed by atoms with Crippen molar-refractivity contribution in [3.05, 3.63) is 83.2 Å². The molecule has 6 heteroatoms.